The molecule has 1 fully saturated rings. The third-order valence-electron chi connectivity index (χ3n) is 3.97. The summed E-state index contributed by atoms with van der Waals surface area (Å²) in [5.74, 6) is 0. The van der Waals surface area contributed by atoms with Crippen LogP contribution in [0.15, 0.2) is 0 Å². The van der Waals surface area contributed by atoms with Gasteiger partial charge in [0.25, 0.3) is 0 Å². The SMILES string of the molecule is CCN(C)C1CCC(C#N)(N(C)C)CC1. The van der Waals surface area contributed by atoms with Crippen LogP contribution in [0.3, 0.4) is 0 Å². The first-order chi connectivity index (χ1) is 7.05. The molecule has 0 heterocycles. The van der Waals surface area contributed by atoms with Crippen LogP contribution in [0.4, 0.5) is 0 Å². The van der Waals surface area contributed by atoms with Crippen LogP contribution >= 0.6 is 0 Å². The molecular weight excluding hydrogens is 186 g/mol. The predicted molar refractivity (Wildman–Crippen MR) is 62.6 cm³/mol. The number of hydrogen-bond acceptors (Lipinski definition) is 3. The summed E-state index contributed by atoms with van der Waals surface area (Å²) in [4.78, 5) is 4.49. The first-order valence-electron chi connectivity index (χ1n) is 5.84. The number of nitrogens with zero attached hydrogens (tertiary/aromatic N) is 3. The van der Waals surface area contributed by atoms with Crippen molar-refractivity contribution in [3.05, 3.63) is 0 Å². The van der Waals surface area contributed by atoms with Crippen LogP contribution < -0.4 is 0 Å². The Morgan fingerprint density at radius 2 is 1.80 bits per heavy atom. The van der Waals surface area contributed by atoms with Crippen LogP contribution in [-0.4, -0.2) is 49.1 Å². The highest BCUT2D eigenvalue weighted by Gasteiger charge is 2.38. The molecule has 0 aromatic carbocycles. The molecule has 0 bridgehead atoms. The molecule has 0 aromatic rings. The minimum absolute atomic E-state index is 0.203. The average molecular weight is 209 g/mol. The van der Waals surface area contributed by atoms with Gasteiger partial charge in [-0.3, -0.25) is 4.90 Å². The molecule has 0 atom stereocenters. The Kier molecular flexibility index (Phi) is 4.12. The van der Waals surface area contributed by atoms with Crippen molar-refractivity contribution in [3.63, 3.8) is 0 Å². The van der Waals surface area contributed by atoms with Gasteiger partial charge < -0.3 is 4.90 Å². The lowest BCUT2D eigenvalue weighted by molar-refractivity contribution is 0.101. The van der Waals surface area contributed by atoms with Gasteiger partial charge in [-0.1, -0.05) is 6.92 Å². The summed E-state index contributed by atoms with van der Waals surface area (Å²) in [6, 6.07) is 3.18. The van der Waals surface area contributed by atoms with Crippen molar-refractivity contribution in [1.82, 2.24) is 9.80 Å². The van der Waals surface area contributed by atoms with Gasteiger partial charge in [0.1, 0.15) is 5.54 Å². The smallest absolute Gasteiger partial charge is 0.108 e. The molecule has 1 saturated carbocycles. The maximum Gasteiger partial charge on any atom is 0.108 e. The number of nitriles is 1. The van der Waals surface area contributed by atoms with E-state index in [0.29, 0.717) is 6.04 Å². The molecular formula is C12H23N3. The van der Waals surface area contributed by atoms with Crippen molar-refractivity contribution in [2.24, 2.45) is 0 Å². The highest BCUT2D eigenvalue weighted by atomic mass is 15.2. The van der Waals surface area contributed by atoms with E-state index in [1.807, 2.05) is 14.1 Å². The van der Waals surface area contributed by atoms with E-state index in [9.17, 15) is 5.26 Å². The molecule has 3 heteroatoms. The van der Waals surface area contributed by atoms with Crippen molar-refractivity contribution in [3.8, 4) is 6.07 Å². The second kappa shape index (κ2) is 4.96. The molecule has 1 aliphatic carbocycles. The standard InChI is InChI=1S/C12H23N3/c1-5-15(4)11-6-8-12(10-13,9-7-11)14(2)3/h11H,5-9H2,1-4H3. The normalized spacial score (nSPS) is 31.9. The van der Waals surface area contributed by atoms with Crippen LogP contribution in [0, 0.1) is 11.3 Å². The lowest BCUT2D eigenvalue weighted by Crippen LogP contribution is -2.49. The van der Waals surface area contributed by atoms with Crippen LogP contribution in [0.5, 0.6) is 0 Å². The summed E-state index contributed by atoms with van der Waals surface area (Å²) in [6.45, 7) is 3.30. The zero-order valence-corrected chi connectivity index (χ0v) is 10.5. The Balaban J connectivity index is 2.58. The number of rotatable bonds is 3. The van der Waals surface area contributed by atoms with Gasteiger partial charge in [0.05, 0.1) is 6.07 Å². The molecule has 1 aliphatic rings. The van der Waals surface area contributed by atoms with Gasteiger partial charge in [0.2, 0.25) is 0 Å². The number of hydrogen-bond donors (Lipinski definition) is 0. The molecule has 0 saturated heterocycles. The van der Waals surface area contributed by atoms with Crippen molar-refractivity contribution in [2.75, 3.05) is 27.7 Å². The van der Waals surface area contributed by atoms with Crippen LogP contribution in [0.2, 0.25) is 0 Å². The summed E-state index contributed by atoms with van der Waals surface area (Å²) in [6.07, 6.45) is 4.31. The van der Waals surface area contributed by atoms with Crippen molar-refractivity contribution < 1.29 is 0 Å². The fraction of sp³-hybridized carbons (Fsp3) is 0.917. The lowest BCUT2D eigenvalue weighted by atomic mass is 9.79. The van der Waals surface area contributed by atoms with Crippen molar-refractivity contribution in [2.45, 2.75) is 44.2 Å². The van der Waals surface area contributed by atoms with Crippen molar-refractivity contribution >= 4 is 0 Å². The molecule has 3 nitrogen and oxygen atoms in total. The minimum atomic E-state index is -0.203. The predicted octanol–water partition coefficient (Wildman–Crippen LogP) is 1.70. The Labute approximate surface area is 93.7 Å². The Morgan fingerprint density at radius 3 is 2.13 bits per heavy atom. The summed E-state index contributed by atoms with van der Waals surface area (Å²) in [5, 5.41) is 9.29. The summed E-state index contributed by atoms with van der Waals surface area (Å²) in [7, 11) is 6.22. The Hall–Kier alpha value is -0.590. The third-order valence-corrected chi connectivity index (χ3v) is 3.97. The molecule has 15 heavy (non-hydrogen) atoms. The van der Waals surface area contributed by atoms with Gasteiger partial charge in [-0.2, -0.15) is 5.26 Å². The summed E-state index contributed by atoms with van der Waals surface area (Å²) >= 11 is 0. The van der Waals surface area contributed by atoms with E-state index in [1.54, 1.807) is 0 Å². The molecule has 0 aliphatic heterocycles. The van der Waals surface area contributed by atoms with Gasteiger partial charge in [0, 0.05) is 6.04 Å². The molecule has 0 unspecified atom stereocenters. The summed E-state index contributed by atoms with van der Waals surface area (Å²) < 4.78 is 0. The Bertz CT molecular complexity index is 234. The molecule has 0 amide bonds. The zero-order valence-electron chi connectivity index (χ0n) is 10.5. The summed E-state index contributed by atoms with van der Waals surface area (Å²) in [5.41, 5.74) is -0.203. The molecule has 0 N–H and O–H groups in total. The zero-order chi connectivity index (χ0) is 11.5. The topological polar surface area (TPSA) is 30.3 Å². The van der Waals surface area contributed by atoms with Gasteiger partial charge in [-0.15, -0.1) is 0 Å². The lowest BCUT2D eigenvalue weighted by Gasteiger charge is -2.42. The second-order valence-electron chi connectivity index (χ2n) is 4.84. The van der Waals surface area contributed by atoms with E-state index < -0.39 is 0 Å². The Morgan fingerprint density at radius 1 is 1.27 bits per heavy atom. The average Bonchev–Trinajstić information content (AvgIpc) is 2.28. The monoisotopic (exact) mass is 209 g/mol. The fourth-order valence-corrected chi connectivity index (χ4v) is 2.44. The third kappa shape index (κ3) is 2.50. The van der Waals surface area contributed by atoms with Gasteiger partial charge in [-0.05, 0) is 53.4 Å². The van der Waals surface area contributed by atoms with E-state index in [1.165, 1.54) is 0 Å². The molecule has 0 spiro atoms. The van der Waals surface area contributed by atoms with Gasteiger partial charge in [0.15, 0.2) is 0 Å². The van der Waals surface area contributed by atoms with Crippen molar-refractivity contribution in [1.29, 1.82) is 5.26 Å². The first kappa shape index (κ1) is 12.5. The molecule has 1 rings (SSSR count). The van der Waals surface area contributed by atoms with E-state index in [0.717, 1.165) is 32.2 Å². The van der Waals surface area contributed by atoms with Gasteiger partial charge in [-0.25, -0.2) is 0 Å². The highest BCUT2D eigenvalue weighted by Crippen LogP contribution is 2.33. The second-order valence-corrected chi connectivity index (χ2v) is 4.84. The van der Waals surface area contributed by atoms with E-state index in [-0.39, 0.29) is 5.54 Å². The quantitative estimate of drug-likeness (QED) is 0.709. The maximum absolute atomic E-state index is 9.29. The first-order valence-corrected chi connectivity index (χ1v) is 5.84. The molecule has 0 aromatic heterocycles. The molecule has 86 valence electrons. The fourth-order valence-electron chi connectivity index (χ4n) is 2.44. The van der Waals surface area contributed by atoms with E-state index >= 15 is 0 Å². The highest BCUT2D eigenvalue weighted by molar-refractivity contribution is 5.09. The van der Waals surface area contributed by atoms with Gasteiger partial charge >= 0.3 is 0 Å². The van der Waals surface area contributed by atoms with E-state index in [2.05, 4.69) is 29.8 Å². The maximum atomic E-state index is 9.29. The van der Waals surface area contributed by atoms with Crippen LogP contribution in [0.1, 0.15) is 32.6 Å². The van der Waals surface area contributed by atoms with Crippen LogP contribution in [0.25, 0.3) is 0 Å². The minimum Gasteiger partial charge on any atom is -0.304 e. The van der Waals surface area contributed by atoms with Crippen LogP contribution in [-0.2, 0) is 0 Å². The van der Waals surface area contributed by atoms with E-state index in [4.69, 9.17) is 0 Å². The molecule has 0 radical (unpaired) electrons. The largest absolute Gasteiger partial charge is 0.304 e.